The molecule has 0 saturated heterocycles. The lowest BCUT2D eigenvalue weighted by Gasteiger charge is -2.07. The first-order valence-corrected chi connectivity index (χ1v) is 10.3. The topological polar surface area (TPSA) is 52.6 Å². The second kappa shape index (κ2) is 9.31. The van der Waals surface area contributed by atoms with Gasteiger partial charge in [0, 0.05) is 0 Å². The molecule has 0 heterocycles. The fourth-order valence-corrected chi connectivity index (χ4v) is 3.42. The van der Waals surface area contributed by atoms with Crippen LogP contribution in [0.2, 0.25) is 0 Å². The lowest BCUT2D eigenvalue weighted by molar-refractivity contribution is -0.187. The fraction of sp³-hybridized carbons (Fsp3) is 0.0714. The minimum Gasteiger partial charge on any atom is -0.242 e. The minimum atomic E-state index is -0.731. The molecule has 0 aliphatic heterocycles. The maximum atomic E-state index is 12.3. The highest BCUT2D eigenvalue weighted by Crippen LogP contribution is 2.22. The Balaban J connectivity index is 1.37. The summed E-state index contributed by atoms with van der Waals surface area (Å²) in [7, 11) is 0. The molecule has 4 aromatic rings. The molecule has 0 spiro atoms. The molecule has 0 aromatic heterocycles. The number of benzene rings is 4. The van der Waals surface area contributed by atoms with Gasteiger partial charge < -0.3 is 0 Å². The third-order valence-electron chi connectivity index (χ3n) is 5.14. The minimum absolute atomic E-state index is 0.295. The van der Waals surface area contributed by atoms with E-state index in [1.807, 2.05) is 74.5 Å². The molecule has 0 amide bonds. The Kier molecular flexibility index (Phi) is 6.13. The second-order valence-electron chi connectivity index (χ2n) is 7.64. The van der Waals surface area contributed by atoms with E-state index in [4.69, 9.17) is 9.78 Å². The predicted molar refractivity (Wildman–Crippen MR) is 124 cm³/mol. The van der Waals surface area contributed by atoms with Crippen LogP contribution in [0.4, 0.5) is 0 Å². The van der Waals surface area contributed by atoms with Crippen molar-refractivity contribution in [2.75, 3.05) is 0 Å². The zero-order valence-corrected chi connectivity index (χ0v) is 17.9. The molecule has 4 nitrogen and oxygen atoms in total. The number of hydrogen-bond acceptors (Lipinski definition) is 4. The zero-order valence-electron chi connectivity index (χ0n) is 17.9. The van der Waals surface area contributed by atoms with Gasteiger partial charge in [-0.2, -0.15) is 0 Å². The van der Waals surface area contributed by atoms with Gasteiger partial charge in [0.05, 0.1) is 11.1 Å². The van der Waals surface area contributed by atoms with Crippen LogP contribution in [-0.4, -0.2) is 11.9 Å². The summed E-state index contributed by atoms with van der Waals surface area (Å²) in [6.45, 7) is 4.06. The summed E-state index contributed by atoms with van der Waals surface area (Å²) in [6, 6.07) is 30.1. The predicted octanol–water partition coefficient (Wildman–Crippen LogP) is 6.57. The van der Waals surface area contributed by atoms with Crippen LogP contribution in [0.5, 0.6) is 0 Å². The molecule has 0 saturated carbocycles. The monoisotopic (exact) mass is 422 g/mol. The van der Waals surface area contributed by atoms with Gasteiger partial charge in [-0.15, -0.1) is 0 Å². The van der Waals surface area contributed by atoms with E-state index in [9.17, 15) is 9.59 Å². The van der Waals surface area contributed by atoms with Gasteiger partial charge in [0.25, 0.3) is 0 Å². The van der Waals surface area contributed by atoms with Crippen LogP contribution in [0.25, 0.3) is 22.3 Å². The van der Waals surface area contributed by atoms with Crippen LogP contribution in [0, 0.1) is 13.8 Å². The number of carbonyl (C=O) groups excluding carboxylic acids is 2. The van der Waals surface area contributed by atoms with E-state index < -0.39 is 11.9 Å². The first-order chi connectivity index (χ1) is 15.5. The highest BCUT2D eigenvalue weighted by molar-refractivity contribution is 5.93. The van der Waals surface area contributed by atoms with Gasteiger partial charge in [-0.25, -0.2) is 19.4 Å². The van der Waals surface area contributed by atoms with Crippen molar-refractivity contribution < 1.29 is 19.4 Å². The molecule has 0 N–H and O–H groups in total. The Morgan fingerprint density at radius 3 is 1.22 bits per heavy atom. The number of aryl methyl sites for hydroxylation is 2. The number of carbonyl (C=O) groups is 2. The summed E-state index contributed by atoms with van der Waals surface area (Å²) in [5.74, 6) is -1.46. The van der Waals surface area contributed by atoms with Crippen molar-refractivity contribution >= 4 is 11.9 Å². The van der Waals surface area contributed by atoms with Gasteiger partial charge >= 0.3 is 11.9 Å². The Hall–Kier alpha value is -4.18. The quantitative estimate of drug-likeness (QED) is 0.276. The zero-order chi connectivity index (χ0) is 22.5. The van der Waals surface area contributed by atoms with Crippen molar-refractivity contribution in [3.05, 3.63) is 119 Å². The third-order valence-corrected chi connectivity index (χ3v) is 5.14. The van der Waals surface area contributed by atoms with Crippen LogP contribution < -0.4 is 0 Å². The lowest BCUT2D eigenvalue weighted by atomic mass is 10.0. The molecular formula is C28H22O4. The summed E-state index contributed by atoms with van der Waals surface area (Å²) in [5.41, 5.74) is 6.99. The van der Waals surface area contributed by atoms with Crippen LogP contribution in [0.3, 0.4) is 0 Å². The highest BCUT2D eigenvalue weighted by atomic mass is 17.2. The Morgan fingerprint density at radius 2 is 0.875 bits per heavy atom. The molecule has 0 aliphatic rings. The van der Waals surface area contributed by atoms with E-state index in [1.54, 1.807) is 24.3 Å². The van der Waals surface area contributed by atoms with Crippen molar-refractivity contribution in [1.82, 2.24) is 0 Å². The normalized spacial score (nSPS) is 10.4. The van der Waals surface area contributed by atoms with Gasteiger partial charge in [0.15, 0.2) is 0 Å². The van der Waals surface area contributed by atoms with Gasteiger partial charge in [0.2, 0.25) is 0 Å². The van der Waals surface area contributed by atoms with Crippen LogP contribution in [-0.2, 0) is 9.78 Å². The third kappa shape index (κ3) is 4.93. The molecule has 0 aliphatic carbocycles. The van der Waals surface area contributed by atoms with E-state index in [2.05, 4.69) is 12.1 Å². The van der Waals surface area contributed by atoms with Crippen molar-refractivity contribution in [3.63, 3.8) is 0 Å². The molecule has 0 bridgehead atoms. The maximum Gasteiger partial charge on any atom is 0.386 e. The van der Waals surface area contributed by atoms with Gasteiger partial charge in [-0.1, -0.05) is 83.9 Å². The smallest absolute Gasteiger partial charge is 0.242 e. The molecule has 32 heavy (non-hydrogen) atoms. The Morgan fingerprint density at radius 1 is 0.500 bits per heavy atom. The first-order valence-electron chi connectivity index (χ1n) is 10.3. The second-order valence-corrected chi connectivity index (χ2v) is 7.64. The van der Waals surface area contributed by atoms with Crippen molar-refractivity contribution in [2.24, 2.45) is 0 Å². The maximum absolute atomic E-state index is 12.3. The highest BCUT2D eigenvalue weighted by Gasteiger charge is 2.14. The average molecular weight is 422 g/mol. The summed E-state index contributed by atoms with van der Waals surface area (Å²) < 4.78 is 0. The van der Waals surface area contributed by atoms with Gasteiger partial charge in [0.1, 0.15) is 0 Å². The molecule has 0 atom stereocenters. The SMILES string of the molecule is Cc1cccc(-c2ccc(C(=O)OOC(=O)c3ccc(-c4cccc(C)c4)cc3)cc2)c1. The fourth-order valence-electron chi connectivity index (χ4n) is 3.42. The van der Waals surface area contributed by atoms with Crippen LogP contribution in [0.15, 0.2) is 97.1 Å². The summed E-state index contributed by atoms with van der Waals surface area (Å²) in [6.07, 6.45) is 0. The van der Waals surface area contributed by atoms with Crippen molar-refractivity contribution in [3.8, 4) is 22.3 Å². The molecule has 0 radical (unpaired) electrons. The van der Waals surface area contributed by atoms with Crippen LogP contribution in [0.1, 0.15) is 31.8 Å². The number of hydrogen-bond donors (Lipinski definition) is 0. The van der Waals surface area contributed by atoms with E-state index in [1.165, 1.54) is 0 Å². The molecule has 0 unspecified atom stereocenters. The summed E-state index contributed by atoms with van der Waals surface area (Å²) in [5, 5.41) is 0. The van der Waals surface area contributed by atoms with Crippen molar-refractivity contribution in [2.45, 2.75) is 13.8 Å². The molecule has 0 fully saturated rings. The summed E-state index contributed by atoms with van der Waals surface area (Å²) in [4.78, 5) is 34.0. The Labute approximate surface area is 187 Å². The molecule has 158 valence electrons. The molecular weight excluding hydrogens is 400 g/mol. The molecule has 4 rings (SSSR count). The van der Waals surface area contributed by atoms with Crippen LogP contribution >= 0.6 is 0 Å². The van der Waals surface area contributed by atoms with Crippen molar-refractivity contribution in [1.29, 1.82) is 0 Å². The van der Waals surface area contributed by atoms with E-state index in [0.717, 1.165) is 33.4 Å². The summed E-state index contributed by atoms with van der Waals surface area (Å²) >= 11 is 0. The van der Waals surface area contributed by atoms with Gasteiger partial charge in [-0.05, 0) is 60.4 Å². The molecule has 4 aromatic carbocycles. The average Bonchev–Trinajstić information content (AvgIpc) is 2.82. The van der Waals surface area contributed by atoms with E-state index in [0.29, 0.717) is 11.1 Å². The van der Waals surface area contributed by atoms with E-state index >= 15 is 0 Å². The Bertz CT molecular complexity index is 1150. The largest absolute Gasteiger partial charge is 0.386 e. The molecule has 4 heteroatoms. The first kappa shape index (κ1) is 21.1. The standard InChI is InChI=1S/C28H22O4/c1-19-5-3-7-25(17-19)21-9-13-23(14-10-21)27(29)31-32-28(30)24-15-11-22(12-16-24)26-8-4-6-20(2)18-26/h3-18H,1-2H3. The lowest BCUT2D eigenvalue weighted by Crippen LogP contribution is -2.11. The van der Waals surface area contributed by atoms with Gasteiger partial charge in [-0.3, -0.25) is 0 Å². The van der Waals surface area contributed by atoms with E-state index in [-0.39, 0.29) is 0 Å². The number of rotatable bonds is 4.